The summed E-state index contributed by atoms with van der Waals surface area (Å²) in [6, 6.07) is 1.93. The fourth-order valence-electron chi connectivity index (χ4n) is 3.93. The van der Waals surface area contributed by atoms with Crippen molar-refractivity contribution in [2.75, 3.05) is 26.2 Å². The molecule has 1 saturated heterocycles. The molecule has 8 heteroatoms. The van der Waals surface area contributed by atoms with Gasteiger partial charge in [-0.2, -0.15) is 5.10 Å². The molecule has 0 spiro atoms. The molecule has 0 saturated carbocycles. The number of hydrogen-bond donors (Lipinski definition) is 0. The Bertz CT molecular complexity index is 834. The molecule has 8 nitrogen and oxygen atoms in total. The highest BCUT2D eigenvalue weighted by molar-refractivity contribution is 5.93. The minimum atomic E-state index is -0.0955. The topological polar surface area (TPSA) is 84.2 Å². The van der Waals surface area contributed by atoms with Gasteiger partial charge in [0.15, 0.2) is 0 Å². The van der Waals surface area contributed by atoms with Gasteiger partial charge < -0.3 is 9.80 Å². The summed E-state index contributed by atoms with van der Waals surface area (Å²) in [6.07, 6.45) is 7.38. The maximum atomic E-state index is 12.7. The monoisotopic (exact) mass is 368 g/mol. The van der Waals surface area contributed by atoms with Gasteiger partial charge in [0, 0.05) is 51.0 Å². The summed E-state index contributed by atoms with van der Waals surface area (Å²) in [7, 11) is 0. The zero-order valence-corrected chi connectivity index (χ0v) is 15.5. The summed E-state index contributed by atoms with van der Waals surface area (Å²) in [4.78, 5) is 37.2. The summed E-state index contributed by atoms with van der Waals surface area (Å²) in [5.74, 6) is 0.0977. The molecule has 4 rings (SSSR count). The molecule has 2 amide bonds. The third kappa shape index (κ3) is 3.43. The summed E-state index contributed by atoms with van der Waals surface area (Å²) in [5.41, 5.74) is 1.95. The summed E-state index contributed by atoms with van der Waals surface area (Å²) >= 11 is 0. The molecule has 1 unspecified atom stereocenters. The van der Waals surface area contributed by atoms with E-state index in [-0.39, 0.29) is 17.7 Å². The molecular weight excluding hydrogens is 344 g/mol. The quantitative estimate of drug-likeness (QED) is 0.821. The van der Waals surface area contributed by atoms with Gasteiger partial charge in [-0.15, -0.1) is 0 Å². The van der Waals surface area contributed by atoms with E-state index in [2.05, 4.69) is 9.97 Å². The smallest absolute Gasteiger partial charge is 0.274 e. The summed E-state index contributed by atoms with van der Waals surface area (Å²) in [6.45, 7) is 5.55. The third-order valence-electron chi connectivity index (χ3n) is 5.39. The van der Waals surface area contributed by atoms with Crippen LogP contribution in [0.2, 0.25) is 0 Å². The number of rotatable bonds is 3. The van der Waals surface area contributed by atoms with Crippen LogP contribution in [0.15, 0.2) is 24.7 Å². The van der Waals surface area contributed by atoms with Crippen molar-refractivity contribution in [2.45, 2.75) is 38.6 Å². The maximum Gasteiger partial charge on any atom is 0.274 e. The van der Waals surface area contributed by atoms with Crippen molar-refractivity contribution in [1.29, 1.82) is 0 Å². The number of aromatic nitrogens is 4. The van der Waals surface area contributed by atoms with E-state index >= 15 is 0 Å². The molecule has 0 N–H and O–H groups in total. The molecule has 1 atom stereocenters. The summed E-state index contributed by atoms with van der Waals surface area (Å²) < 4.78 is 1.84. The first kappa shape index (κ1) is 17.6. The standard InChI is InChI=1S/C19H24N6O2/c1-2-23-9-4-10-25-17(19(23)27)11-15(22-25)14-5-3-8-24(13-14)18(26)16-12-20-6-7-21-16/h6-7,11-12,14H,2-5,8-10,13H2,1H3. The lowest BCUT2D eigenvalue weighted by Crippen LogP contribution is -2.39. The number of piperidine rings is 1. The molecule has 27 heavy (non-hydrogen) atoms. The van der Waals surface area contributed by atoms with Crippen molar-refractivity contribution >= 4 is 11.8 Å². The maximum absolute atomic E-state index is 12.7. The Labute approximate surface area is 158 Å². The van der Waals surface area contributed by atoms with Crippen LogP contribution in [0.4, 0.5) is 0 Å². The average molecular weight is 368 g/mol. The molecule has 0 aliphatic carbocycles. The van der Waals surface area contributed by atoms with E-state index in [1.54, 1.807) is 6.20 Å². The number of nitrogens with zero attached hydrogens (tertiary/aromatic N) is 6. The van der Waals surface area contributed by atoms with Gasteiger partial charge in [0.25, 0.3) is 11.8 Å². The Morgan fingerprint density at radius 1 is 1.22 bits per heavy atom. The zero-order chi connectivity index (χ0) is 18.8. The number of carbonyl (C=O) groups is 2. The molecule has 2 aromatic heterocycles. The van der Waals surface area contributed by atoms with Crippen molar-refractivity contribution in [3.05, 3.63) is 41.7 Å². The van der Waals surface area contributed by atoms with Gasteiger partial charge in [-0.25, -0.2) is 4.98 Å². The molecule has 0 radical (unpaired) electrons. The van der Waals surface area contributed by atoms with Crippen LogP contribution in [0, 0.1) is 0 Å². The van der Waals surface area contributed by atoms with Crippen LogP contribution in [0.5, 0.6) is 0 Å². The van der Waals surface area contributed by atoms with E-state index < -0.39 is 0 Å². The highest BCUT2D eigenvalue weighted by Gasteiger charge is 2.30. The van der Waals surface area contributed by atoms with Gasteiger partial charge in [0.2, 0.25) is 0 Å². The van der Waals surface area contributed by atoms with E-state index in [0.717, 1.165) is 38.0 Å². The van der Waals surface area contributed by atoms with Crippen LogP contribution in [0.1, 0.15) is 58.8 Å². The van der Waals surface area contributed by atoms with Crippen molar-refractivity contribution in [3.8, 4) is 0 Å². The third-order valence-corrected chi connectivity index (χ3v) is 5.39. The van der Waals surface area contributed by atoms with Crippen molar-refractivity contribution in [3.63, 3.8) is 0 Å². The Morgan fingerprint density at radius 3 is 2.89 bits per heavy atom. The Balaban J connectivity index is 1.53. The van der Waals surface area contributed by atoms with Gasteiger partial charge in [0.05, 0.1) is 11.9 Å². The van der Waals surface area contributed by atoms with Crippen molar-refractivity contribution in [1.82, 2.24) is 29.5 Å². The second-order valence-electron chi connectivity index (χ2n) is 7.10. The van der Waals surface area contributed by atoms with Gasteiger partial charge in [-0.1, -0.05) is 0 Å². The molecule has 142 valence electrons. The molecule has 2 aliphatic heterocycles. The number of carbonyl (C=O) groups excluding carboxylic acids is 2. The molecule has 0 aromatic carbocycles. The second kappa shape index (κ2) is 7.46. The van der Waals surface area contributed by atoms with Gasteiger partial charge in [-0.3, -0.25) is 19.3 Å². The fraction of sp³-hybridized carbons (Fsp3) is 0.526. The van der Waals surface area contributed by atoms with Crippen LogP contribution < -0.4 is 0 Å². The second-order valence-corrected chi connectivity index (χ2v) is 7.10. The van der Waals surface area contributed by atoms with E-state index in [4.69, 9.17) is 5.10 Å². The Kier molecular flexibility index (Phi) is 4.87. The first-order chi connectivity index (χ1) is 13.2. The highest BCUT2D eigenvalue weighted by atomic mass is 16.2. The normalized spacial score (nSPS) is 20.3. The molecule has 4 heterocycles. The first-order valence-electron chi connectivity index (χ1n) is 9.59. The van der Waals surface area contributed by atoms with Gasteiger partial charge >= 0.3 is 0 Å². The number of hydrogen-bond acceptors (Lipinski definition) is 5. The Morgan fingerprint density at radius 2 is 2.11 bits per heavy atom. The average Bonchev–Trinajstić information content (AvgIpc) is 3.09. The van der Waals surface area contributed by atoms with E-state index in [9.17, 15) is 9.59 Å². The molecule has 0 bridgehead atoms. The largest absolute Gasteiger partial charge is 0.338 e. The highest BCUT2D eigenvalue weighted by Crippen LogP contribution is 2.28. The molecule has 1 fully saturated rings. The Hall–Kier alpha value is -2.77. The first-order valence-corrected chi connectivity index (χ1v) is 9.59. The van der Waals surface area contributed by atoms with Crippen LogP contribution in [0.25, 0.3) is 0 Å². The molecular formula is C19H24N6O2. The predicted octanol–water partition coefficient (Wildman–Crippen LogP) is 1.56. The number of fused-ring (bicyclic) bond motifs is 1. The number of amides is 2. The van der Waals surface area contributed by atoms with E-state index in [0.29, 0.717) is 31.0 Å². The number of likely N-dealkylation sites (tertiary alicyclic amines) is 1. The lowest BCUT2D eigenvalue weighted by molar-refractivity contribution is 0.0698. The zero-order valence-electron chi connectivity index (χ0n) is 15.5. The number of aryl methyl sites for hydroxylation is 1. The lowest BCUT2D eigenvalue weighted by Gasteiger charge is -2.31. The van der Waals surface area contributed by atoms with Gasteiger partial charge in [0.1, 0.15) is 11.4 Å². The van der Waals surface area contributed by atoms with Crippen LogP contribution >= 0.6 is 0 Å². The van der Waals surface area contributed by atoms with Gasteiger partial charge in [-0.05, 0) is 32.3 Å². The minimum Gasteiger partial charge on any atom is -0.338 e. The fourth-order valence-corrected chi connectivity index (χ4v) is 3.93. The molecule has 2 aliphatic rings. The summed E-state index contributed by atoms with van der Waals surface area (Å²) in [5, 5.41) is 4.72. The van der Waals surface area contributed by atoms with Crippen LogP contribution in [-0.4, -0.2) is 67.5 Å². The van der Waals surface area contributed by atoms with Crippen LogP contribution in [0.3, 0.4) is 0 Å². The van der Waals surface area contributed by atoms with Crippen molar-refractivity contribution < 1.29 is 9.59 Å². The minimum absolute atomic E-state index is 0.0528. The van der Waals surface area contributed by atoms with E-state index in [1.807, 2.05) is 27.5 Å². The van der Waals surface area contributed by atoms with Crippen molar-refractivity contribution in [2.24, 2.45) is 0 Å². The SMILES string of the molecule is CCN1CCCn2nc(C3CCCN(C(=O)c4cnccn4)C3)cc2C1=O. The molecule has 2 aromatic rings. The van der Waals surface area contributed by atoms with E-state index in [1.165, 1.54) is 12.4 Å². The predicted molar refractivity (Wildman–Crippen MR) is 98.3 cm³/mol. The lowest BCUT2D eigenvalue weighted by atomic mass is 9.94. The van der Waals surface area contributed by atoms with Crippen LogP contribution in [-0.2, 0) is 6.54 Å².